The molecular formula is C19H15F2N3O2S2. The van der Waals surface area contributed by atoms with Gasteiger partial charge in [-0.3, -0.25) is 9.59 Å². The lowest BCUT2D eigenvalue weighted by Crippen LogP contribution is -2.14. The molecule has 28 heavy (non-hydrogen) atoms. The predicted octanol–water partition coefficient (Wildman–Crippen LogP) is 4.33. The number of nitrogens with one attached hydrogen (secondary N) is 2. The maximum absolute atomic E-state index is 12.9. The van der Waals surface area contributed by atoms with Gasteiger partial charge >= 0.3 is 0 Å². The fourth-order valence-corrected chi connectivity index (χ4v) is 3.84. The highest BCUT2D eigenvalue weighted by molar-refractivity contribution is 8.01. The lowest BCUT2D eigenvalue weighted by molar-refractivity contribution is -0.116. The Bertz CT molecular complexity index is 960. The molecule has 0 aliphatic heterocycles. The van der Waals surface area contributed by atoms with Gasteiger partial charge in [0, 0.05) is 16.8 Å². The molecule has 0 atom stereocenters. The zero-order valence-electron chi connectivity index (χ0n) is 14.4. The number of thiazole rings is 1. The van der Waals surface area contributed by atoms with Crippen LogP contribution in [0.3, 0.4) is 0 Å². The van der Waals surface area contributed by atoms with Crippen LogP contribution in [0.1, 0.15) is 5.69 Å². The van der Waals surface area contributed by atoms with Crippen molar-refractivity contribution < 1.29 is 18.4 Å². The lowest BCUT2D eigenvalue weighted by Gasteiger charge is -2.04. The Balaban J connectivity index is 1.45. The third-order valence-electron chi connectivity index (χ3n) is 3.46. The van der Waals surface area contributed by atoms with E-state index in [0.29, 0.717) is 21.4 Å². The molecule has 3 aromatic rings. The van der Waals surface area contributed by atoms with E-state index in [1.807, 2.05) is 0 Å². The predicted molar refractivity (Wildman–Crippen MR) is 107 cm³/mol. The number of hydrogen-bond acceptors (Lipinski definition) is 5. The van der Waals surface area contributed by atoms with Gasteiger partial charge in [0.25, 0.3) is 0 Å². The molecule has 0 saturated carbocycles. The van der Waals surface area contributed by atoms with Crippen molar-refractivity contribution >= 4 is 46.3 Å². The average molecular weight is 419 g/mol. The Morgan fingerprint density at radius 3 is 2.00 bits per heavy atom. The van der Waals surface area contributed by atoms with Gasteiger partial charge in [-0.1, -0.05) is 11.8 Å². The van der Waals surface area contributed by atoms with Crippen LogP contribution in [-0.2, 0) is 16.0 Å². The molecule has 5 nitrogen and oxygen atoms in total. The molecule has 0 bridgehead atoms. The summed E-state index contributed by atoms with van der Waals surface area (Å²) in [5.74, 6) is -1.09. The standard InChI is InChI=1S/C19H15F2N3O2S2/c20-12-1-5-14(6-2-12)22-17(25)9-16-10-27-19(24-16)28-11-18(26)23-15-7-3-13(21)4-8-15/h1-8,10H,9,11H2,(H,22,25)(H,23,26). The van der Waals surface area contributed by atoms with Crippen molar-refractivity contribution in [2.75, 3.05) is 16.4 Å². The van der Waals surface area contributed by atoms with E-state index in [2.05, 4.69) is 15.6 Å². The molecule has 0 unspecified atom stereocenters. The van der Waals surface area contributed by atoms with Crippen LogP contribution in [0.2, 0.25) is 0 Å². The highest BCUT2D eigenvalue weighted by atomic mass is 32.2. The van der Waals surface area contributed by atoms with Crippen molar-refractivity contribution in [3.63, 3.8) is 0 Å². The molecule has 0 fully saturated rings. The van der Waals surface area contributed by atoms with Crippen LogP contribution < -0.4 is 10.6 Å². The Kier molecular flexibility index (Phi) is 6.72. The smallest absolute Gasteiger partial charge is 0.234 e. The lowest BCUT2D eigenvalue weighted by atomic mass is 10.3. The van der Waals surface area contributed by atoms with Gasteiger partial charge in [-0.25, -0.2) is 13.8 Å². The number of thioether (sulfide) groups is 1. The fraction of sp³-hybridized carbons (Fsp3) is 0.105. The van der Waals surface area contributed by atoms with Gasteiger partial charge in [-0.15, -0.1) is 11.3 Å². The molecule has 2 N–H and O–H groups in total. The molecule has 0 aliphatic rings. The van der Waals surface area contributed by atoms with Gasteiger partial charge in [0.15, 0.2) is 4.34 Å². The fourth-order valence-electron chi connectivity index (χ4n) is 2.20. The van der Waals surface area contributed by atoms with Gasteiger partial charge in [0.2, 0.25) is 11.8 Å². The quantitative estimate of drug-likeness (QED) is 0.559. The summed E-state index contributed by atoms with van der Waals surface area (Å²) in [7, 11) is 0. The molecule has 2 aromatic carbocycles. The highest BCUT2D eigenvalue weighted by Gasteiger charge is 2.10. The van der Waals surface area contributed by atoms with E-state index in [9.17, 15) is 18.4 Å². The zero-order valence-corrected chi connectivity index (χ0v) is 16.1. The first-order valence-corrected chi connectivity index (χ1v) is 10.0. The van der Waals surface area contributed by atoms with Crippen LogP contribution in [0, 0.1) is 11.6 Å². The van der Waals surface area contributed by atoms with E-state index in [1.165, 1.54) is 71.6 Å². The zero-order chi connectivity index (χ0) is 19.9. The first-order valence-electron chi connectivity index (χ1n) is 8.16. The molecule has 1 heterocycles. The van der Waals surface area contributed by atoms with Gasteiger partial charge in [0.05, 0.1) is 17.9 Å². The number of aromatic nitrogens is 1. The van der Waals surface area contributed by atoms with E-state index in [4.69, 9.17) is 0 Å². The number of anilines is 2. The van der Waals surface area contributed by atoms with Gasteiger partial charge in [-0.2, -0.15) is 0 Å². The normalized spacial score (nSPS) is 10.5. The van der Waals surface area contributed by atoms with Crippen molar-refractivity contribution in [1.29, 1.82) is 0 Å². The Morgan fingerprint density at radius 2 is 1.43 bits per heavy atom. The summed E-state index contributed by atoms with van der Waals surface area (Å²) in [4.78, 5) is 28.3. The number of benzene rings is 2. The van der Waals surface area contributed by atoms with Gasteiger partial charge < -0.3 is 10.6 Å². The minimum absolute atomic E-state index is 0.0796. The molecule has 0 radical (unpaired) electrons. The second-order valence-corrected chi connectivity index (χ2v) is 7.76. The van der Waals surface area contributed by atoms with Crippen molar-refractivity contribution in [3.8, 4) is 0 Å². The number of carbonyl (C=O) groups excluding carboxylic acids is 2. The Labute approximate surface area is 168 Å². The van der Waals surface area contributed by atoms with Crippen LogP contribution in [0.15, 0.2) is 58.3 Å². The Hall–Kier alpha value is -2.78. The van der Waals surface area contributed by atoms with E-state index < -0.39 is 0 Å². The van der Waals surface area contributed by atoms with E-state index in [1.54, 1.807) is 5.38 Å². The minimum Gasteiger partial charge on any atom is -0.326 e. The summed E-state index contributed by atoms with van der Waals surface area (Å²) in [5, 5.41) is 7.09. The highest BCUT2D eigenvalue weighted by Crippen LogP contribution is 2.23. The van der Waals surface area contributed by atoms with Crippen molar-refractivity contribution in [2.24, 2.45) is 0 Å². The second-order valence-electron chi connectivity index (χ2n) is 5.68. The summed E-state index contributed by atoms with van der Waals surface area (Å²) in [6.07, 6.45) is 0.0796. The third kappa shape index (κ3) is 6.14. The Morgan fingerprint density at radius 1 is 0.893 bits per heavy atom. The maximum atomic E-state index is 12.9. The van der Waals surface area contributed by atoms with Crippen LogP contribution >= 0.6 is 23.1 Å². The van der Waals surface area contributed by atoms with Gasteiger partial charge in [-0.05, 0) is 48.5 Å². The third-order valence-corrected chi connectivity index (χ3v) is 5.52. The summed E-state index contributed by atoms with van der Waals surface area (Å²) < 4.78 is 26.4. The van der Waals surface area contributed by atoms with Crippen LogP contribution in [-0.4, -0.2) is 22.6 Å². The first kappa shape index (κ1) is 20.0. The topological polar surface area (TPSA) is 71.1 Å². The summed E-state index contributed by atoms with van der Waals surface area (Å²) in [6.45, 7) is 0. The average Bonchev–Trinajstić information content (AvgIpc) is 3.11. The summed E-state index contributed by atoms with van der Waals surface area (Å²) in [5.41, 5.74) is 1.61. The molecule has 3 rings (SSSR count). The SMILES string of the molecule is O=C(CSc1nc(CC(=O)Nc2ccc(F)cc2)cs1)Nc1ccc(F)cc1. The molecule has 9 heteroatoms. The summed E-state index contributed by atoms with van der Waals surface area (Å²) in [6, 6.07) is 11.0. The van der Waals surface area contributed by atoms with Crippen LogP contribution in [0.5, 0.6) is 0 Å². The first-order chi connectivity index (χ1) is 13.5. The van der Waals surface area contributed by atoms with Crippen molar-refractivity contribution in [1.82, 2.24) is 4.98 Å². The van der Waals surface area contributed by atoms with Gasteiger partial charge in [0.1, 0.15) is 11.6 Å². The van der Waals surface area contributed by atoms with Crippen LogP contribution in [0.4, 0.5) is 20.2 Å². The second kappa shape index (κ2) is 9.43. The maximum Gasteiger partial charge on any atom is 0.234 e. The number of hydrogen-bond donors (Lipinski definition) is 2. The van der Waals surface area contributed by atoms with Crippen LogP contribution in [0.25, 0.3) is 0 Å². The van der Waals surface area contributed by atoms with E-state index >= 15 is 0 Å². The number of rotatable bonds is 7. The monoisotopic (exact) mass is 419 g/mol. The van der Waals surface area contributed by atoms with E-state index in [-0.39, 0.29) is 35.6 Å². The molecule has 1 aromatic heterocycles. The summed E-state index contributed by atoms with van der Waals surface area (Å²) >= 11 is 2.60. The molecule has 144 valence electrons. The van der Waals surface area contributed by atoms with Crippen molar-refractivity contribution in [2.45, 2.75) is 10.8 Å². The molecule has 0 spiro atoms. The van der Waals surface area contributed by atoms with E-state index in [0.717, 1.165) is 0 Å². The number of halogens is 2. The largest absolute Gasteiger partial charge is 0.326 e. The molecule has 0 aliphatic carbocycles. The number of amides is 2. The molecule has 0 saturated heterocycles. The number of nitrogens with zero attached hydrogens (tertiary/aromatic N) is 1. The molecular weight excluding hydrogens is 404 g/mol. The minimum atomic E-state index is -0.373. The molecule has 2 amide bonds. The van der Waals surface area contributed by atoms with Crippen molar-refractivity contribution in [3.05, 3.63) is 71.2 Å². The number of carbonyl (C=O) groups is 2.